The first kappa shape index (κ1) is 24.7. The van der Waals surface area contributed by atoms with Crippen molar-refractivity contribution in [2.45, 2.75) is 9.79 Å². The number of nitrogens with zero attached hydrogens (tertiary/aromatic N) is 2. The molecule has 6 nitrogen and oxygen atoms in total. The molecule has 3 heterocycles. The van der Waals surface area contributed by atoms with E-state index in [1.807, 2.05) is 36.4 Å². The molecule has 0 fully saturated rings. The molecule has 0 amide bonds. The maximum absolute atomic E-state index is 13.5. The third kappa shape index (κ3) is 3.26. The molecule has 0 saturated heterocycles. The van der Waals surface area contributed by atoms with Gasteiger partial charge < -0.3 is 14.5 Å². The Morgan fingerprint density at radius 3 is 1.68 bits per heavy atom. The Kier molecular flexibility index (Phi) is 4.97. The largest absolute Gasteiger partial charge is 0.354 e. The van der Waals surface area contributed by atoms with Gasteiger partial charge in [0.25, 0.3) is 0 Å². The first-order chi connectivity index (χ1) is 21.5. The van der Waals surface area contributed by atoms with Gasteiger partial charge in [-0.05, 0) is 66.7 Å². The van der Waals surface area contributed by atoms with Crippen LogP contribution in [0, 0.1) is 11.3 Å². The molecule has 0 unspecified atom stereocenters. The van der Waals surface area contributed by atoms with Crippen LogP contribution in [0.2, 0.25) is 0 Å². The normalized spacial score (nSPS) is 12.2. The molecule has 0 aliphatic carbocycles. The number of rotatable bonds is 3. The van der Waals surface area contributed by atoms with Crippen LogP contribution in [0.15, 0.2) is 131 Å². The molecule has 0 bridgehead atoms. The van der Waals surface area contributed by atoms with Gasteiger partial charge in [0.1, 0.15) is 0 Å². The van der Waals surface area contributed by atoms with Crippen molar-refractivity contribution in [3.63, 3.8) is 0 Å². The first-order valence-corrected chi connectivity index (χ1v) is 15.7. The molecule has 208 valence electrons. The number of benzene rings is 6. The third-order valence-corrected chi connectivity index (χ3v) is 10.5. The van der Waals surface area contributed by atoms with Crippen molar-refractivity contribution in [2.24, 2.45) is 0 Å². The van der Waals surface area contributed by atoms with Crippen LogP contribution in [0.25, 0.3) is 71.1 Å². The van der Waals surface area contributed by atoms with Gasteiger partial charge in [-0.25, -0.2) is 8.42 Å². The van der Waals surface area contributed by atoms with Crippen LogP contribution in [0.5, 0.6) is 0 Å². The summed E-state index contributed by atoms with van der Waals surface area (Å²) < 4.78 is 29.2. The first-order valence-electron chi connectivity index (χ1n) is 14.3. The minimum Gasteiger partial charge on any atom is -0.354 e. The number of hydrogen-bond acceptors (Lipinski definition) is 3. The zero-order valence-corrected chi connectivity index (χ0v) is 24.0. The van der Waals surface area contributed by atoms with Crippen molar-refractivity contribution in [2.75, 3.05) is 0 Å². The molecule has 0 saturated carbocycles. The van der Waals surface area contributed by atoms with Crippen LogP contribution in [0.1, 0.15) is 5.56 Å². The van der Waals surface area contributed by atoms with Gasteiger partial charge in [0.2, 0.25) is 9.84 Å². The zero-order chi connectivity index (χ0) is 29.6. The summed E-state index contributed by atoms with van der Waals surface area (Å²) in [4.78, 5) is 7.83. The molecule has 0 aliphatic rings. The fourth-order valence-corrected chi connectivity index (χ4v) is 8.04. The van der Waals surface area contributed by atoms with Gasteiger partial charge in [0.05, 0.1) is 43.5 Å². The third-order valence-electron chi connectivity index (χ3n) is 8.72. The van der Waals surface area contributed by atoms with Crippen molar-refractivity contribution < 1.29 is 8.42 Å². The topological polar surface area (TPSA) is 94.4 Å². The predicted octanol–water partition coefficient (Wildman–Crippen LogP) is 8.76. The van der Waals surface area contributed by atoms with E-state index in [1.54, 1.807) is 12.1 Å². The Morgan fingerprint density at radius 2 is 1.07 bits per heavy atom. The van der Waals surface area contributed by atoms with Gasteiger partial charge in [-0.15, -0.1) is 0 Å². The molecule has 7 heteroatoms. The number of fused-ring (bicyclic) bond motifs is 12. The number of nitrogens with one attached hydrogen (secondary N) is 2. The maximum atomic E-state index is 13.5. The van der Waals surface area contributed by atoms with E-state index < -0.39 is 9.84 Å². The minimum atomic E-state index is -3.76. The Balaban J connectivity index is 1.39. The van der Waals surface area contributed by atoms with Crippen molar-refractivity contribution in [1.82, 2.24) is 14.5 Å². The Labute approximate surface area is 251 Å². The monoisotopic (exact) mass is 586 g/mol. The number of aromatic amines is 2. The molecule has 0 spiro atoms. The lowest BCUT2D eigenvalue weighted by molar-refractivity contribution is 0.596. The summed E-state index contributed by atoms with van der Waals surface area (Å²) in [7, 11) is -3.76. The Morgan fingerprint density at radius 1 is 0.568 bits per heavy atom. The van der Waals surface area contributed by atoms with Crippen LogP contribution in [0.4, 0.5) is 0 Å². The quantitative estimate of drug-likeness (QED) is 0.217. The summed E-state index contributed by atoms with van der Waals surface area (Å²) in [6, 6.07) is 40.3. The number of nitriles is 1. The lowest BCUT2D eigenvalue weighted by Crippen LogP contribution is -2.03. The number of H-pyrrole nitrogens is 2. The lowest BCUT2D eigenvalue weighted by atomic mass is 10.0. The highest BCUT2D eigenvalue weighted by molar-refractivity contribution is 7.91. The van der Waals surface area contributed by atoms with Crippen LogP contribution in [0.3, 0.4) is 0 Å². The minimum absolute atomic E-state index is 0.155. The molecule has 3 aromatic heterocycles. The lowest BCUT2D eigenvalue weighted by Gasteiger charge is -2.11. The smallest absolute Gasteiger partial charge is 0.206 e. The second-order valence-electron chi connectivity index (χ2n) is 11.1. The van der Waals surface area contributed by atoms with E-state index in [0.717, 1.165) is 71.1 Å². The summed E-state index contributed by atoms with van der Waals surface area (Å²) in [6.45, 7) is 0. The summed E-state index contributed by atoms with van der Waals surface area (Å²) in [5.41, 5.74) is 7.62. The highest BCUT2D eigenvalue weighted by Gasteiger charge is 2.24. The fraction of sp³-hybridized carbons (Fsp3) is 0. The van der Waals surface area contributed by atoms with E-state index >= 15 is 0 Å². The summed E-state index contributed by atoms with van der Waals surface area (Å²) in [6.07, 6.45) is 0. The number of aromatic nitrogens is 3. The van der Waals surface area contributed by atoms with Gasteiger partial charge in [-0.3, -0.25) is 0 Å². The van der Waals surface area contributed by atoms with Gasteiger partial charge in [0, 0.05) is 49.0 Å². The maximum Gasteiger partial charge on any atom is 0.206 e. The average Bonchev–Trinajstić information content (AvgIpc) is 3.74. The van der Waals surface area contributed by atoms with Crippen LogP contribution in [-0.4, -0.2) is 23.0 Å². The van der Waals surface area contributed by atoms with E-state index in [-0.39, 0.29) is 9.79 Å². The summed E-state index contributed by atoms with van der Waals surface area (Å²) in [5, 5.41) is 15.9. The zero-order valence-electron chi connectivity index (χ0n) is 23.2. The predicted molar refractivity (Wildman–Crippen MR) is 176 cm³/mol. The molecular weight excluding hydrogens is 565 g/mol. The Hall–Kier alpha value is -5.84. The molecule has 44 heavy (non-hydrogen) atoms. The standard InChI is InChI=1S/C37H22N4O2S/c38-21-22-13-17-24(18-14-22)44(42,43)25-19-15-23(16-20-25)41-31-12-6-3-9-28(31)34-36-32(26-7-1-4-10-29(26)39-36)35-33(37(34)41)27-8-2-5-11-30(27)40-35/h1-20,39-40H. The number of hydrogen-bond donors (Lipinski definition) is 2. The highest BCUT2D eigenvalue weighted by Crippen LogP contribution is 2.46. The molecule has 9 rings (SSSR count). The van der Waals surface area contributed by atoms with Gasteiger partial charge in [-0.2, -0.15) is 5.26 Å². The average molecular weight is 587 g/mol. The van der Waals surface area contributed by atoms with E-state index in [0.29, 0.717) is 5.56 Å². The molecule has 0 radical (unpaired) electrons. The van der Waals surface area contributed by atoms with E-state index in [2.05, 4.69) is 69.1 Å². The fourth-order valence-electron chi connectivity index (χ4n) is 6.78. The summed E-state index contributed by atoms with van der Waals surface area (Å²) in [5.74, 6) is 0. The van der Waals surface area contributed by atoms with Crippen molar-refractivity contribution in [3.05, 3.63) is 127 Å². The number of sulfone groups is 1. The van der Waals surface area contributed by atoms with Gasteiger partial charge in [-0.1, -0.05) is 54.6 Å². The van der Waals surface area contributed by atoms with E-state index in [4.69, 9.17) is 5.26 Å². The number of para-hydroxylation sites is 3. The highest BCUT2D eigenvalue weighted by atomic mass is 32.2. The van der Waals surface area contributed by atoms with Crippen molar-refractivity contribution >= 4 is 75.3 Å². The molecule has 0 atom stereocenters. The molecule has 9 aromatic rings. The van der Waals surface area contributed by atoms with Gasteiger partial charge in [0.15, 0.2) is 0 Å². The Bertz CT molecular complexity index is 2750. The van der Waals surface area contributed by atoms with E-state index in [9.17, 15) is 8.42 Å². The molecule has 0 aliphatic heterocycles. The van der Waals surface area contributed by atoms with Crippen molar-refractivity contribution in [3.8, 4) is 11.8 Å². The van der Waals surface area contributed by atoms with Crippen LogP contribution < -0.4 is 0 Å². The van der Waals surface area contributed by atoms with E-state index in [1.165, 1.54) is 24.3 Å². The second-order valence-corrected chi connectivity index (χ2v) is 13.0. The molecular formula is C37H22N4O2S. The molecule has 6 aromatic carbocycles. The second kappa shape index (κ2) is 8.83. The van der Waals surface area contributed by atoms with Gasteiger partial charge >= 0.3 is 0 Å². The van der Waals surface area contributed by atoms with Crippen LogP contribution in [-0.2, 0) is 9.84 Å². The molecule has 2 N–H and O–H groups in total. The summed E-state index contributed by atoms with van der Waals surface area (Å²) >= 11 is 0. The van der Waals surface area contributed by atoms with Crippen LogP contribution >= 0.6 is 0 Å². The SMILES string of the molecule is N#Cc1ccc(S(=O)(=O)c2ccc(-n3c4ccccc4c4c5[nH]c6ccccc6c5c5[nH]c6ccccc6c5c43)cc2)cc1. The van der Waals surface area contributed by atoms with Crippen molar-refractivity contribution in [1.29, 1.82) is 5.26 Å².